The topological polar surface area (TPSA) is 25.8 Å². The van der Waals surface area contributed by atoms with E-state index >= 15 is 0 Å². The van der Waals surface area contributed by atoms with Gasteiger partial charge < -0.3 is 0 Å². The van der Waals surface area contributed by atoms with E-state index in [1.165, 1.54) is 21.5 Å². The normalized spacial score (nSPS) is 11.2. The van der Waals surface area contributed by atoms with E-state index in [9.17, 15) is 0 Å². The SMILES string of the molecule is c1ccc(-c2cc3ccccc3c(Cc3nc(-c4ccccc4)cc4ccccc34)n2)cc1. The Hall–Kier alpha value is -4.30. The van der Waals surface area contributed by atoms with Crippen LogP contribution in [0.15, 0.2) is 121 Å². The molecule has 0 aliphatic heterocycles. The van der Waals surface area contributed by atoms with Crippen molar-refractivity contribution in [3.8, 4) is 22.5 Å². The number of fused-ring (bicyclic) bond motifs is 2. The minimum Gasteiger partial charge on any atom is -0.252 e. The predicted molar refractivity (Wildman–Crippen MR) is 137 cm³/mol. The van der Waals surface area contributed by atoms with Gasteiger partial charge in [-0.15, -0.1) is 0 Å². The standard InChI is InChI=1S/C31H22N2/c1-3-11-22(12-4-1)28-19-24-15-7-9-17-26(24)30(32-28)21-31-27-18-10-8-16-25(27)20-29(33-31)23-13-5-2-6-14-23/h1-20H,21H2. The highest BCUT2D eigenvalue weighted by atomic mass is 14.8. The third-order valence-corrected chi connectivity index (χ3v) is 6.11. The van der Waals surface area contributed by atoms with Crippen molar-refractivity contribution in [1.82, 2.24) is 9.97 Å². The quantitative estimate of drug-likeness (QED) is 0.291. The van der Waals surface area contributed by atoms with Crippen LogP contribution in [0.25, 0.3) is 44.1 Å². The van der Waals surface area contributed by atoms with Crippen molar-refractivity contribution in [2.75, 3.05) is 0 Å². The Labute approximate surface area is 193 Å². The lowest BCUT2D eigenvalue weighted by atomic mass is 9.99. The number of rotatable bonds is 4. The van der Waals surface area contributed by atoms with E-state index in [2.05, 4.69) is 109 Å². The number of aromatic nitrogens is 2. The summed E-state index contributed by atoms with van der Waals surface area (Å²) in [5.74, 6) is 0. The number of hydrogen-bond donors (Lipinski definition) is 0. The second kappa shape index (κ2) is 8.33. The zero-order valence-electron chi connectivity index (χ0n) is 18.1. The van der Waals surface area contributed by atoms with Gasteiger partial charge in [-0.3, -0.25) is 9.97 Å². The molecule has 0 amide bonds. The van der Waals surface area contributed by atoms with E-state index in [-0.39, 0.29) is 0 Å². The molecule has 0 unspecified atom stereocenters. The van der Waals surface area contributed by atoms with E-state index in [0.29, 0.717) is 6.42 Å². The molecule has 2 heteroatoms. The van der Waals surface area contributed by atoms with Gasteiger partial charge in [-0.05, 0) is 22.9 Å². The van der Waals surface area contributed by atoms with Gasteiger partial charge in [-0.1, -0.05) is 109 Å². The maximum Gasteiger partial charge on any atom is 0.0711 e. The Morgan fingerprint density at radius 3 is 1.27 bits per heavy atom. The largest absolute Gasteiger partial charge is 0.252 e. The van der Waals surface area contributed by atoms with E-state index in [1.54, 1.807) is 0 Å². The highest BCUT2D eigenvalue weighted by Crippen LogP contribution is 2.30. The van der Waals surface area contributed by atoms with E-state index in [0.717, 1.165) is 33.9 Å². The highest BCUT2D eigenvalue weighted by molar-refractivity contribution is 5.91. The van der Waals surface area contributed by atoms with Gasteiger partial charge in [-0.25, -0.2) is 0 Å². The number of pyridine rings is 2. The molecule has 2 aromatic heterocycles. The molecule has 4 aromatic carbocycles. The minimum absolute atomic E-state index is 0.669. The second-order valence-corrected chi connectivity index (χ2v) is 8.26. The first-order valence-electron chi connectivity index (χ1n) is 11.2. The van der Waals surface area contributed by atoms with Crippen LogP contribution in [0.4, 0.5) is 0 Å². The van der Waals surface area contributed by atoms with Gasteiger partial charge in [0.05, 0.1) is 22.8 Å². The molecular weight excluding hydrogens is 400 g/mol. The van der Waals surface area contributed by atoms with Crippen LogP contribution in [0.1, 0.15) is 11.4 Å². The smallest absolute Gasteiger partial charge is 0.0711 e. The fourth-order valence-electron chi connectivity index (χ4n) is 4.48. The van der Waals surface area contributed by atoms with Crippen LogP contribution in [0.5, 0.6) is 0 Å². The molecule has 0 spiro atoms. The summed E-state index contributed by atoms with van der Waals surface area (Å²) < 4.78 is 0. The molecule has 0 saturated heterocycles. The fourth-order valence-corrected chi connectivity index (χ4v) is 4.48. The Kier molecular flexibility index (Phi) is 4.89. The molecule has 0 bridgehead atoms. The van der Waals surface area contributed by atoms with E-state index < -0.39 is 0 Å². The molecule has 0 aliphatic carbocycles. The van der Waals surface area contributed by atoms with Crippen LogP contribution in [0.2, 0.25) is 0 Å². The molecule has 0 fully saturated rings. The van der Waals surface area contributed by atoms with Gasteiger partial charge in [-0.2, -0.15) is 0 Å². The maximum absolute atomic E-state index is 5.14. The average molecular weight is 423 g/mol. The zero-order valence-corrected chi connectivity index (χ0v) is 18.1. The highest BCUT2D eigenvalue weighted by Gasteiger charge is 2.13. The third kappa shape index (κ3) is 3.77. The Morgan fingerprint density at radius 2 is 0.818 bits per heavy atom. The van der Waals surface area contributed by atoms with Crippen molar-refractivity contribution in [2.45, 2.75) is 6.42 Å². The number of nitrogens with zero attached hydrogens (tertiary/aromatic N) is 2. The predicted octanol–water partition coefficient (Wildman–Crippen LogP) is 7.71. The Morgan fingerprint density at radius 1 is 0.424 bits per heavy atom. The molecular formula is C31H22N2. The van der Waals surface area contributed by atoms with Crippen LogP contribution >= 0.6 is 0 Å². The van der Waals surface area contributed by atoms with Crippen LogP contribution in [0, 0.1) is 0 Å². The molecule has 0 saturated carbocycles. The molecule has 0 N–H and O–H groups in total. The van der Waals surface area contributed by atoms with Gasteiger partial charge in [0.15, 0.2) is 0 Å². The molecule has 0 atom stereocenters. The number of hydrogen-bond acceptors (Lipinski definition) is 2. The summed E-state index contributed by atoms with van der Waals surface area (Å²) in [7, 11) is 0. The molecule has 0 radical (unpaired) electrons. The van der Waals surface area contributed by atoms with E-state index in [4.69, 9.17) is 9.97 Å². The Balaban J connectivity index is 1.55. The fraction of sp³-hybridized carbons (Fsp3) is 0.0323. The van der Waals surface area contributed by atoms with Crippen molar-refractivity contribution in [2.24, 2.45) is 0 Å². The van der Waals surface area contributed by atoms with Crippen LogP contribution in [-0.4, -0.2) is 9.97 Å². The van der Waals surface area contributed by atoms with Gasteiger partial charge in [0, 0.05) is 28.3 Å². The maximum atomic E-state index is 5.14. The summed E-state index contributed by atoms with van der Waals surface area (Å²) in [4.78, 5) is 10.3. The first kappa shape index (κ1) is 19.4. The molecule has 2 nitrogen and oxygen atoms in total. The summed E-state index contributed by atoms with van der Waals surface area (Å²) in [6.07, 6.45) is 0.669. The lowest BCUT2D eigenvalue weighted by molar-refractivity contribution is 1.05. The molecule has 6 aromatic rings. The van der Waals surface area contributed by atoms with Crippen molar-refractivity contribution >= 4 is 21.5 Å². The summed E-state index contributed by atoms with van der Waals surface area (Å²) in [5.41, 5.74) is 6.34. The lowest BCUT2D eigenvalue weighted by Crippen LogP contribution is -2.01. The van der Waals surface area contributed by atoms with Gasteiger partial charge >= 0.3 is 0 Å². The van der Waals surface area contributed by atoms with Crippen LogP contribution < -0.4 is 0 Å². The summed E-state index contributed by atoms with van der Waals surface area (Å²) >= 11 is 0. The molecule has 33 heavy (non-hydrogen) atoms. The van der Waals surface area contributed by atoms with Gasteiger partial charge in [0.1, 0.15) is 0 Å². The average Bonchev–Trinajstić information content (AvgIpc) is 2.89. The molecule has 2 heterocycles. The minimum atomic E-state index is 0.669. The van der Waals surface area contributed by atoms with Crippen molar-refractivity contribution in [3.05, 3.63) is 133 Å². The monoisotopic (exact) mass is 422 g/mol. The van der Waals surface area contributed by atoms with Crippen molar-refractivity contribution in [3.63, 3.8) is 0 Å². The third-order valence-electron chi connectivity index (χ3n) is 6.11. The van der Waals surface area contributed by atoms with Gasteiger partial charge in [0.25, 0.3) is 0 Å². The first-order chi connectivity index (χ1) is 16.3. The van der Waals surface area contributed by atoms with Crippen molar-refractivity contribution in [1.29, 1.82) is 0 Å². The molecule has 156 valence electrons. The summed E-state index contributed by atoms with van der Waals surface area (Å²) in [6.45, 7) is 0. The lowest BCUT2D eigenvalue weighted by Gasteiger charge is -2.13. The molecule has 6 rings (SSSR count). The molecule has 0 aliphatic rings. The van der Waals surface area contributed by atoms with Crippen LogP contribution in [0.3, 0.4) is 0 Å². The van der Waals surface area contributed by atoms with Crippen molar-refractivity contribution < 1.29 is 0 Å². The van der Waals surface area contributed by atoms with Crippen LogP contribution in [-0.2, 0) is 6.42 Å². The Bertz CT molecular complexity index is 1450. The second-order valence-electron chi connectivity index (χ2n) is 8.26. The summed E-state index contributed by atoms with van der Waals surface area (Å²) in [6, 6.07) is 42.1. The zero-order chi connectivity index (χ0) is 22.0. The first-order valence-corrected chi connectivity index (χ1v) is 11.2. The van der Waals surface area contributed by atoms with E-state index in [1.807, 2.05) is 12.1 Å². The van der Waals surface area contributed by atoms with Gasteiger partial charge in [0.2, 0.25) is 0 Å². The summed E-state index contributed by atoms with van der Waals surface area (Å²) in [5, 5.41) is 4.75. The number of benzene rings is 4.